The molecule has 3 N–H and O–H groups in total. The van der Waals surface area contributed by atoms with Crippen LogP contribution in [-0.4, -0.2) is 179 Å². The molecule has 2 heterocycles. The molecule has 2 aliphatic rings. The minimum atomic E-state index is -1.20. The third kappa shape index (κ3) is 20.5. The van der Waals surface area contributed by atoms with Gasteiger partial charge in [0.1, 0.15) is 35.8 Å². The van der Waals surface area contributed by atoms with Gasteiger partial charge in [0.15, 0.2) is 59.2 Å². The molecule has 7 atom stereocenters. The number of hydrogen-bond donors (Lipinski definition) is 3. The zero-order valence-corrected chi connectivity index (χ0v) is 61.7. The number of carbonyl (C=O) groups is 6. The molecule has 6 aromatic carbocycles. The molecule has 2 aliphatic heterocycles. The molecule has 0 saturated carbocycles. The van der Waals surface area contributed by atoms with Crippen molar-refractivity contribution >= 4 is 35.6 Å². The summed E-state index contributed by atoms with van der Waals surface area (Å²) >= 11 is 0. The van der Waals surface area contributed by atoms with Gasteiger partial charge in [-0.15, -0.1) is 0 Å². The van der Waals surface area contributed by atoms with Crippen LogP contribution >= 0.6 is 0 Å². The van der Waals surface area contributed by atoms with E-state index in [2.05, 4.69) is 10.6 Å². The maximum Gasteiger partial charge on any atom is 0.329 e. The Balaban J connectivity index is 0.878. The van der Waals surface area contributed by atoms with Crippen molar-refractivity contribution in [1.82, 2.24) is 20.4 Å². The molecule has 2 saturated heterocycles. The Hall–Kier alpha value is -10.3. The minimum absolute atomic E-state index is 0.229. The highest BCUT2D eigenvalue weighted by Crippen LogP contribution is 2.44. The van der Waals surface area contributed by atoms with Gasteiger partial charge in [-0.05, 0) is 183 Å². The number of benzene rings is 6. The van der Waals surface area contributed by atoms with E-state index >= 15 is 0 Å². The van der Waals surface area contributed by atoms with Gasteiger partial charge in [-0.2, -0.15) is 0 Å². The third-order valence-electron chi connectivity index (χ3n) is 18.8. The van der Waals surface area contributed by atoms with E-state index in [9.17, 15) is 33.9 Å². The molecule has 4 amide bonds. The first-order chi connectivity index (χ1) is 50.4. The Morgan fingerprint density at radius 3 is 1.13 bits per heavy atom. The second-order valence-corrected chi connectivity index (χ2v) is 25.2. The van der Waals surface area contributed by atoms with E-state index in [-0.39, 0.29) is 24.9 Å². The highest BCUT2D eigenvalue weighted by atomic mass is 16.6. The summed E-state index contributed by atoms with van der Waals surface area (Å²) in [5, 5.41) is 16.2. The average molecular weight is 1440 g/mol. The summed E-state index contributed by atoms with van der Waals surface area (Å²) in [5.74, 6) is 1.23. The molecule has 25 heteroatoms. The van der Waals surface area contributed by atoms with Crippen LogP contribution in [0.15, 0.2) is 109 Å². The van der Waals surface area contributed by atoms with Crippen molar-refractivity contribution in [3.8, 4) is 69.0 Å². The lowest BCUT2D eigenvalue weighted by atomic mass is 9.91. The molecule has 0 aliphatic carbocycles. The first-order valence-corrected chi connectivity index (χ1v) is 35.1. The van der Waals surface area contributed by atoms with Crippen LogP contribution in [0.3, 0.4) is 0 Å². The van der Waals surface area contributed by atoms with Gasteiger partial charge in [0.2, 0.25) is 23.3 Å². The van der Waals surface area contributed by atoms with Gasteiger partial charge in [-0.3, -0.25) is 19.2 Å². The van der Waals surface area contributed by atoms with Crippen LogP contribution in [0.2, 0.25) is 0 Å². The van der Waals surface area contributed by atoms with Crippen molar-refractivity contribution in [1.29, 1.82) is 0 Å². The van der Waals surface area contributed by atoms with E-state index in [0.29, 0.717) is 181 Å². The number of esters is 2. The van der Waals surface area contributed by atoms with Crippen LogP contribution in [0.5, 0.6) is 69.0 Å². The maximum absolute atomic E-state index is 14.7. The number of likely N-dealkylation sites (tertiary alicyclic amines) is 2. The minimum Gasteiger partial charge on any atom is -0.493 e. The van der Waals surface area contributed by atoms with Gasteiger partial charge >= 0.3 is 11.9 Å². The second kappa shape index (κ2) is 39.4. The quantitative estimate of drug-likeness (QED) is 0.0304. The summed E-state index contributed by atoms with van der Waals surface area (Å²) in [6.07, 6.45) is 3.13. The van der Waals surface area contributed by atoms with Gasteiger partial charge in [0.05, 0.1) is 89.0 Å². The summed E-state index contributed by atoms with van der Waals surface area (Å²) in [6, 6.07) is 30.2. The fourth-order valence-corrected chi connectivity index (χ4v) is 13.2. The number of nitrogens with zero attached hydrogens (tertiary/aromatic N) is 2. The lowest BCUT2D eigenvalue weighted by Crippen LogP contribution is -2.50. The summed E-state index contributed by atoms with van der Waals surface area (Å²) in [6.45, 7) is 3.18. The van der Waals surface area contributed by atoms with Gasteiger partial charge < -0.3 is 91.9 Å². The average Bonchev–Trinajstić information content (AvgIpc) is 0.798. The lowest BCUT2D eigenvalue weighted by molar-refractivity contribution is -0.162. The van der Waals surface area contributed by atoms with Crippen molar-refractivity contribution in [2.24, 2.45) is 0 Å². The van der Waals surface area contributed by atoms with Gasteiger partial charge in [0.25, 0.3) is 11.8 Å². The predicted molar refractivity (Wildman–Crippen MR) is 386 cm³/mol. The van der Waals surface area contributed by atoms with Crippen LogP contribution in [0.25, 0.3) is 0 Å². The van der Waals surface area contributed by atoms with E-state index in [1.807, 2.05) is 38.1 Å². The SMILES string of the molecule is CCC(C(=O)N1CCCCC1C(=O)OC(CCc1ccc(OC)c(OC)c1)c1cccc(OCC(=O)NCC(O)CNC(=O)COc2cccc(C(CCc3ccc(OC)c(OC)c3)OC(=O)[C@@H]3CCCCN3C(=O)C(CC)c3cc(OC)c(OC)c(OC)c3)c2)c1)c1cc(OC)c(OC)c(OC)c1. The normalized spacial score (nSPS) is 15.6. The molecule has 6 aromatic rings. The van der Waals surface area contributed by atoms with Crippen molar-refractivity contribution < 1.29 is 100 Å². The standard InChI is InChI=1S/C79H100N4O21/c1-13-58(53-41-68(95-7)74(99-11)69(42-53)96-8)76(87)82-35-17-15-25-60(82)78(89)103-62(31-27-49-29-33-64(91-3)66(37-49)93-5)51-21-19-23-56(39-51)101-47-72(85)80-45-55(84)46-81-73(86)48-102-57-24-20-22-52(40-57)63(32-28-50-30-34-65(92-4)67(38-50)94-6)104-79(90)61-26-16-18-36-83(61)77(88)59(14-2)54-43-70(97-9)75(100-12)71(44-54)98-10/h19-24,29-30,33-34,37-44,55,58-63,84H,13-18,25-28,31-32,35-36,45-48H2,1-12H3,(H,80,85)(H,81,86)/t55?,58?,59?,60-,61?,62?,63?/m0/s1. The van der Waals surface area contributed by atoms with Crippen molar-refractivity contribution in [2.75, 3.05) is 110 Å². The number of nitrogens with one attached hydrogen (secondary N) is 2. The number of aryl methyl sites for hydroxylation is 2. The molecule has 25 nitrogen and oxygen atoms in total. The molecule has 0 aromatic heterocycles. The second-order valence-electron chi connectivity index (χ2n) is 25.2. The molecule has 0 radical (unpaired) electrons. The van der Waals surface area contributed by atoms with Crippen LogP contribution in [0.1, 0.15) is 135 Å². The van der Waals surface area contributed by atoms with E-state index in [4.69, 9.17) is 66.3 Å². The number of aliphatic hydroxyl groups is 1. The Bertz CT molecular complexity index is 3570. The first-order valence-electron chi connectivity index (χ1n) is 35.1. The summed E-state index contributed by atoms with van der Waals surface area (Å²) in [5.41, 5.74) is 4.24. The lowest BCUT2D eigenvalue weighted by Gasteiger charge is -2.37. The third-order valence-corrected chi connectivity index (χ3v) is 18.8. The van der Waals surface area contributed by atoms with Gasteiger partial charge in [0, 0.05) is 26.2 Å². The summed E-state index contributed by atoms with van der Waals surface area (Å²) in [7, 11) is 15.3. The van der Waals surface area contributed by atoms with Crippen LogP contribution in [-0.2, 0) is 51.1 Å². The maximum atomic E-state index is 14.7. The topological polar surface area (TPSA) is 282 Å². The molecule has 2 fully saturated rings. The smallest absolute Gasteiger partial charge is 0.329 e. The fraction of sp³-hybridized carbons (Fsp3) is 0.468. The van der Waals surface area contributed by atoms with E-state index in [1.165, 1.54) is 42.7 Å². The number of carbonyl (C=O) groups excluding carboxylic acids is 6. The highest BCUT2D eigenvalue weighted by molar-refractivity contribution is 5.90. The molecule has 0 bridgehead atoms. The van der Waals surface area contributed by atoms with Crippen molar-refractivity contribution in [2.45, 2.75) is 133 Å². The molecule has 6 unspecified atom stereocenters. The van der Waals surface area contributed by atoms with Gasteiger partial charge in [-0.25, -0.2) is 9.59 Å². The first kappa shape index (κ1) is 79.4. The molecule has 8 rings (SSSR count). The number of piperidine rings is 2. The molecule has 0 spiro atoms. The van der Waals surface area contributed by atoms with Crippen molar-refractivity contribution in [3.05, 3.63) is 143 Å². The highest BCUT2D eigenvalue weighted by Gasteiger charge is 2.40. The zero-order chi connectivity index (χ0) is 74.8. The van der Waals surface area contributed by atoms with E-state index in [0.717, 1.165) is 11.1 Å². The Kier molecular flexibility index (Phi) is 30.1. The Morgan fingerprint density at radius 1 is 0.433 bits per heavy atom. The number of rotatable bonds is 38. The monoisotopic (exact) mass is 1440 g/mol. The molecular formula is C79H100N4O21. The molecule has 104 heavy (non-hydrogen) atoms. The number of aliphatic hydroxyl groups excluding tert-OH is 1. The van der Waals surface area contributed by atoms with Crippen LogP contribution in [0, 0.1) is 0 Å². The number of amides is 4. The summed E-state index contributed by atoms with van der Waals surface area (Å²) in [4.78, 5) is 88.3. The van der Waals surface area contributed by atoms with Gasteiger partial charge in [-0.1, -0.05) is 50.2 Å². The molecule has 562 valence electrons. The Morgan fingerprint density at radius 2 is 0.798 bits per heavy atom. The van der Waals surface area contributed by atoms with Crippen molar-refractivity contribution in [3.63, 3.8) is 0 Å². The predicted octanol–water partition coefficient (Wildman–Crippen LogP) is 10.4. The van der Waals surface area contributed by atoms with E-state index < -0.39 is 79.2 Å². The van der Waals surface area contributed by atoms with Crippen LogP contribution < -0.4 is 67.5 Å². The number of methoxy groups -OCH3 is 10. The largest absolute Gasteiger partial charge is 0.493 e. The Labute approximate surface area is 608 Å². The fourth-order valence-electron chi connectivity index (χ4n) is 13.2. The van der Waals surface area contributed by atoms with Crippen LogP contribution in [0.4, 0.5) is 0 Å². The zero-order valence-electron chi connectivity index (χ0n) is 61.7. The summed E-state index contributed by atoms with van der Waals surface area (Å²) < 4.78 is 80.5. The number of ether oxygens (including phenoxy) is 14. The molecular weight excluding hydrogens is 1340 g/mol. The number of hydrogen-bond acceptors (Lipinski definition) is 21. The van der Waals surface area contributed by atoms with E-state index in [1.54, 1.807) is 123 Å².